The molecule has 6 nitrogen and oxygen atoms in total. The summed E-state index contributed by atoms with van der Waals surface area (Å²) in [6, 6.07) is 5.99. The smallest absolute Gasteiger partial charge is 0.327 e. The fraction of sp³-hybridized carbons (Fsp3) is 0.632. The molecule has 0 aromatic heterocycles. The maximum atomic E-state index is 12.2. The van der Waals surface area contributed by atoms with Crippen LogP contribution in [0.25, 0.3) is 0 Å². The molecule has 27 heavy (non-hydrogen) atoms. The van der Waals surface area contributed by atoms with Gasteiger partial charge >= 0.3 is 5.97 Å². The Hall–Kier alpha value is -0.710. The zero-order valence-electron chi connectivity index (χ0n) is 15.6. The van der Waals surface area contributed by atoms with Crippen LogP contribution in [0.2, 0.25) is 0 Å². The first kappa shape index (κ1) is 22.6. The number of aryl methyl sites for hydroxylation is 1. The van der Waals surface area contributed by atoms with Crippen LogP contribution in [0.15, 0.2) is 29.2 Å². The third kappa shape index (κ3) is 6.69. The molecule has 1 aromatic carbocycles. The highest BCUT2D eigenvalue weighted by Gasteiger charge is 2.41. The second-order valence-electron chi connectivity index (χ2n) is 7.34. The minimum atomic E-state index is -4.02. The number of esters is 1. The second-order valence-corrected chi connectivity index (χ2v) is 9.30. The number of halogens is 1. The highest BCUT2D eigenvalue weighted by Crippen LogP contribution is 2.32. The molecule has 2 aliphatic rings. The minimum absolute atomic E-state index is 0.00602. The van der Waals surface area contributed by atoms with Gasteiger partial charge in [-0.3, -0.25) is 9.35 Å². The van der Waals surface area contributed by atoms with Crippen molar-refractivity contribution in [1.82, 2.24) is 3.53 Å². The molecule has 0 saturated heterocycles. The lowest BCUT2D eigenvalue weighted by Gasteiger charge is -2.34. The van der Waals surface area contributed by atoms with Crippen LogP contribution in [0.3, 0.4) is 0 Å². The zero-order valence-corrected chi connectivity index (χ0v) is 18.6. The fourth-order valence-electron chi connectivity index (χ4n) is 3.47. The number of carbonyl (C=O) groups excluding carboxylic acids is 1. The van der Waals surface area contributed by atoms with Gasteiger partial charge in [-0.25, -0.2) is 3.53 Å². The predicted molar refractivity (Wildman–Crippen MR) is 112 cm³/mol. The molecule has 2 aliphatic carbocycles. The highest BCUT2D eigenvalue weighted by atomic mass is 127. The van der Waals surface area contributed by atoms with Gasteiger partial charge in [0.05, 0.1) is 4.90 Å². The predicted octanol–water partition coefficient (Wildman–Crippen LogP) is 4.36. The molecular formula is C19H28INO5S. The van der Waals surface area contributed by atoms with Gasteiger partial charge in [0.2, 0.25) is 0 Å². The number of carbonyl (C=O) groups is 1. The van der Waals surface area contributed by atoms with Gasteiger partial charge in [-0.05, 0) is 57.6 Å². The summed E-state index contributed by atoms with van der Waals surface area (Å²) in [4.78, 5) is 12.2. The molecule has 2 N–H and O–H groups in total. The Balaban J connectivity index is 0.000000208. The summed E-state index contributed by atoms with van der Waals surface area (Å²) in [6.07, 6.45) is 10.1. The summed E-state index contributed by atoms with van der Waals surface area (Å²) < 4.78 is 38.4. The summed E-state index contributed by atoms with van der Waals surface area (Å²) in [5, 5.41) is 0. The molecule has 0 radical (unpaired) electrons. The topological polar surface area (TPSA) is 92.7 Å². The number of nitrogens with one attached hydrogen (secondary N) is 1. The molecular weight excluding hydrogens is 481 g/mol. The lowest BCUT2D eigenvalue weighted by molar-refractivity contribution is -0.157. The standard InChI is InChI=1S/C12H20INO2.C7H8O3S/c13-14-12(8-4-1-5-9-12)11(15)16-10-6-2-3-7-10;1-6-2-4-7(5-3-6)11(8,9)10/h10,14H,1-9H2;2-5H,1H3,(H,8,9,10). The monoisotopic (exact) mass is 509 g/mol. The van der Waals surface area contributed by atoms with Crippen LogP contribution in [-0.2, 0) is 19.6 Å². The first-order chi connectivity index (χ1) is 12.8. The zero-order chi connectivity index (χ0) is 19.9. The normalized spacial score (nSPS) is 19.8. The van der Waals surface area contributed by atoms with E-state index in [1.165, 1.54) is 31.4 Å². The van der Waals surface area contributed by atoms with E-state index in [2.05, 4.69) is 26.4 Å². The summed E-state index contributed by atoms with van der Waals surface area (Å²) >= 11 is 2.11. The van der Waals surface area contributed by atoms with Gasteiger partial charge in [0, 0.05) is 22.9 Å². The molecule has 0 bridgehead atoms. The minimum Gasteiger partial charge on any atom is -0.461 e. The maximum absolute atomic E-state index is 12.2. The van der Waals surface area contributed by atoms with Crippen molar-refractivity contribution in [2.75, 3.05) is 0 Å². The number of ether oxygens (including phenoxy) is 1. The van der Waals surface area contributed by atoms with Gasteiger partial charge in [-0.2, -0.15) is 8.42 Å². The number of hydrogen-bond donors (Lipinski definition) is 2. The molecule has 0 atom stereocenters. The van der Waals surface area contributed by atoms with E-state index in [9.17, 15) is 13.2 Å². The van der Waals surface area contributed by atoms with Crippen molar-refractivity contribution in [2.24, 2.45) is 0 Å². The van der Waals surface area contributed by atoms with E-state index in [4.69, 9.17) is 9.29 Å². The molecule has 0 heterocycles. The van der Waals surface area contributed by atoms with Crippen LogP contribution in [-0.4, -0.2) is 30.6 Å². The Morgan fingerprint density at radius 3 is 2.15 bits per heavy atom. The summed E-state index contributed by atoms with van der Waals surface area (Å²) in [5.41, 5.74) is 0.568. The third-order valence-electron chi connectivity index (χ3n) is 5.17. The van der Waals surface area contributed by atoms with E-state index in [0.717, 1.165) is 44.1 Å². The van der Waals surface area contributed by atoms with Crippen LogP contribution in [0.5, 0.6) is 0 Å². The molecule has 8 heteroatoms. The highest BCUT2D eigenvalue weighted by molar-refractivity contribution is 14.1. The van der Waals surface area contributed by atoms with Gasteiger partial charge in [0.1, 0.15) is 11.6 Å². The van der Waals surface area contributed by atoms with Crippen LogP contribution in [0, 0.1) is 6.92 Å². The molecule has 0 unspecified atom stereocenters. The number of rotatable bonds is 4. The van der Waals surface area contributed by atoms with Gasteiger partial charge in [-0.1, -0.05) is 37.0 Å². The first-order valence-corrected chi connectivity index (χ1v) is 11.9. The first-order valence-electron chi connectivity index (χ1n) is 9.40. The largest absolute Gasteiger partial charge is 0.461 e. The molecule has 2 saturated carbocycles. The van der Waals surface area contributed by atoms with E-state index < -0.39 is 10.1 Å². The van der Waals surface area contributed by atoms with Gasteiger partial charge < -0.3 is 4.74 Å². The van der Waals surface area contributed by atoms with Gasteiger partial charge in [-0.15, -0.1) is 0 Å². The van der Waals surface area contributed by atoms with Crippen molar-refractivity contribution in [3.8, 4) is 0 Å². The summed E-state index contributed by atoms with van der Waals surface area (Å²) in [5.74, 6) is -0.00602. The Kier molecular flexibility index (Phi) is 8.51. The van der Waals surface area contributed by atoms with E-state index in [1.807, 2.05) is 6.92 Å². The van der Waals surface area contributed by atoms with Crippen molar-refractivity contribution < 1.29 is 22.5 Å². The quantitative estimate of drug-likeness (QED) is 0.271. The van der Waals surface area contributed by atoms with Crippen LogP contribution in [0.4, 0.5) is 0 Å². The third-order valence-corrected chi connectivity index (χ3v) is 7.07. The average Bonchev–Trinajstić information content (AvgIpc) is 3.15. The molecule has 2 fully saturated rings. The van der Waals surface area contributed by atoms with Crippen LogP contribution < -0.4 is 3.53 Å². The maximum Gasteiger partial charge on any atom is 0.327 e. The molecule has 0 aliphatic heterocycles. The van der Waals surface area contributed by atoms with E-state index in [-0.39, 0.29) is 22.5 Å². The van der Waals surface area contributed by atoms with Crippen LogP contribution >= 0.6 is 22.9 Å². The molecule has 1 aromatic rings. The molecule has 0 spiro atoms. The Bertz CT molecular complexity index is 708. The van der Waals surface area contributed by atoms with Gasteiger partial charge in [0.15, 0.2) is 0 Å². The van der Waals surface area contributed by atoms with Crippen molar-refractivity contribution >= 4 is 39.0 Å². The summed E-state index contributed by atoms with van der Waals surface area (Å²) in [7, 11) is -4.02. The van der Waals surface area contributed by atoms with Crippen molar-refractivity contribution in [3.63, 3.8) is 0 Å². The van der Waals surface area contributed by atoms with E-state index >= 15 is 0 Å². The average molecular weight is 509 g/mol. The van der Waals surface area contributed by atoms with Crippen molar-refractivity contribution in [2.45, 2.75) is 81.2 Å². The van der Waals surface area contributed by atoms with Crippen LogP contribution in [0.1, 0.15) is 63.4 Å². The fourth-order valence-corrected chi connectivity index (χ4v) is 4.71. The number of benzene rings is 1. The lowest BCUT2D eigenvalue weighted by atomic mass is 9.82. The molecule has 0 amide bonds. The number of hydrogen-bond acceptors (Lipinski definition) is 5. The van der Waals surface area contributed by atoms with E-state index in [0.29, 0.717) is 0 Å². The molecule has 3 rings (SSSR count). The van der Waals surface area contributed by atoms with Gasteiger partial charge in [0.25, 0.3) is 10.1 Å². The summed E-state index contributed by atoms with van der Waals surface area (Å²) in [6.45, 7) is 1.84. The van der Waals surface area contributed by atoms with Crippen molar-refractivity contribution in [1.29, 1.82) is 0 Å². The Morgan fingerprint density at radius 1 is 1.11 bits per heavy atom. The molecule has 152 valence electrons. The second kappa shape index (κ2) is 10.2. The Morgan fingerprint density at radius 2 is 1.67 bits per heavy atom. The van der Waals surface area contributed by atoms with Crippen molar-refractivity contribution in [3.05, 3.63) is 29.8 Å². The SMILES string of the molecule is Cc1ccc(S(=O)(=O)O)cc1.O=C(OC1CCCC1)C1(NI)CCCCC1. The lowest BCUT2D eigenvalue weighted by Crippen LogP contribution is -2.50. The Labute approximate surface area is 175 Å². The van der Waals surface area contributed by atoms with E-state index in [1.54, 1.807) is 12.1 Å².